The molecule has 0 bridgehead atoms. The summed E-state index contributed by atoms with van der Waals surface area (Å²) < 4.78 is 10.7. The van der Waals surface area contributed by atoms with Crippen LogP contribution in [0.15, 0.2) is 0 Å². The van der Waals surface area contributed by atoms with Gasteiger partial charge in [0.05, 0.1) is 6.04 Å². The Morgan fingerprint density at radius 3 is 2.20 bits per heavy atom. The molecular weight excluding hydrogens is 644 g/mol. The molecule has 4 aliphatic rings. The lowest BCUT2D eigenvalue weighted by Crippen LogP contribution is -2.62. The number of carbonyl (C=O) groups is 5. The molecule has 0 aromatic heterocycles. The van der Waals surface area contributed by atoms with E-state index in [1.165, 1.54) is 6.42 Å². The molecular formula is C36H61N6O6S+. The van der Waals surface area contributed by atoms with Gasteiger partial charge >= 0.3 is 17.7 Å². The molecule has 5 amide bonds. The fourth-order valence-electron chi connectivity index (χ4n) is 8.79. The molecule has 6 N–H and O–H groups in total. The van der Waals surface area contributed by atoms with Gasteiger partial charge < -0.3 is 31.9 Å². The first-order valence-electron chi connectivity index (χ1n) is 18.6. The minimum atomic E-state index is -1.08. The average molecular weight is 706 g/mol. The fourth-order valence-corrected chi connectivity index (χ4v) is 9.11. The molecule has 1 aliphatic heterocycles. The Morgan fingerprint density at radius 2 is 1.63 bits per heavy atom. The second-order valence-corrected chi connectivity index (χ2v) is 17.5. The van der Waals surface area contributed by atoms with E-state index in [1.54, 1.807) is 4.90 Å². The topological polar surface area (TPSA) is 180 Å². The molecule has 0 spiro atoms. The maximum Gasteiger partial charge on any atom is 0.458 e. The summed E-state index contributed by atoms with van der Waals surface area (Å²) in [5, 5.41) is 12.5. The first-order chi connectivity index (χ1) is 23.1. The van der Waals surface area contributed by atoms with Crippen molar-refractivity contribution in [3.8, 4) is 0 Å². The number of Topliss-reactive ketones (excluding diaryl/α,β-unsaturated/α-hetero) is 1. The Balaban J connectivity index is 1.49. The highest BCUT2D eigenvalue weighted by Crippen LogP contribution is 2.57. The van der Waals surface area contributed by atoms with Gasteiger partial charge in [-0.25, -0.2) is 4.79 Å². The first kappa shape index (κ1) is 39.1. The van der Waals surface area contributed by atoms with Crippen LogP contribution in [0.25, 0.3) is 0 Å². The number of fused-ring (bicyclic) bond motifs is 1. The predicted molar refractivity (Wildman–Crippen MR) is 189 cm³/mol. The maximum absolute atomic E-state index is 14.5. The highest BCUT2D eigenvalue weighted by molar-refractivity contribution is 7.65. The van der Waals surface area contributed by atoms with Gasteiger partial charge in [0.1, 0.15) is 12.1 Å². The number of rotatable bonds is 17. The zero-order valence-electron chi connectivity index (χ0n) is 30.3. The summed E-state index contributed by atoms with van der Waals surface area (Å²) in [5.74, 6) is -1.50. The molecule has 49 heavy (non-hydrogen) atoms. The normalized spacial score (nSPS) is 25.5. The molecule has 0 radical (unpaired) electrons. The molecule has 1 heterocycles. The smallest absolute Gasteiger partial charge is 0.363 e. The number of likely N-dealkylation sites (tertiary alicyclic amines) is 1. The lowest BCUT2D eigenvalue weighted by atomic mass is 9.55. The number of urea groups is 1. The highest BCUT2D eigenvalue weighted by Gasteiger charge is 2.61. The van der Waals surface area contributed by atoms with Gasteiger partial charge in [-0.3, -0.25) is 19.2 Å². The van der Waals surface area contributed by atoms with Gasteiger partial charge in [-0.15, -0.1) is 0 Å². The number of nitrogens with one attached hydrogen (secondary N) is 4. The highest BCUT2D eigenvalue weighted by atomic mass is 32.1. The third kappa shape index (κ3) is 9.98. The largest absolute Gasteiger partial charge is 0.458 e. The Bertz CT molecular complexity index is 1210. The summed E-state index contributed by atoms with van der Waals surface area (Å²) in [5.41, 5.74) is 4.52. The second kappa shape index (κ2) is 17.0. The van der Waals surface area contributed by atoms with Crippen molar-refractivity contribution < 1.29 is 28.2 Å². The monoisotopic (exact) mass is 705 g/mol. The minimum Gasteiger partial charge on any atom is -0.363 e. The third-order valence-electron chi connectivity index (χ3n) is 11.6. The van der Waals surface area contributed by atoms with Crippen molar-refractivity contribution in [3.05, 3.63) is 0 Å². The van der Waals surface area contributed by atoms with Crippen molar-refractivity contribution in [2.24, 2.45) is 40.2 Å². The summed E-state index contributed by atoms with van der Waals surface area (Å²) in [6, 6.07) is -3.29. The van der Waals surface area contributed by atoms with E-state index in [-0.39, 0.29) is 35.1 Å². The average Bonchev–Trinajstić information content (AvgIpc) is 3.36. The van der Waals surface area contributed by atoms with Crippen LogP contribution in [0.4, 0.5) is 4.79 Å². The van der Waals surface area contributed by atoms with Crippen LogP contribution in [0, 0.1) is 34.5 Å². The van der Waals surface area contributed by atoms with Crippen molar-refractivity contribution in [1.29, 1.82) is 0 Å². The number of hydrogen-bond donors (Lipinski definition) is 5. The molecule has 4 rings (SSSR count). The summed E-state index contributed by atoms with van der Waals surface area (Å²) >= 11 is 0.604. The number of hydrogen-bond acceptors (Lipinski definition) is 7. The molecule has 3 aliphatic carbocycles. The number of primary amides is 1. The van der Waals surface area contributed by atoms with Gasteiger partial charge in [-0.05, 0) is 73.2 Å². The van der Waals surface area contributed by atoms with Gasteiger partial charge in [-0.1, -0.05) is 73.1 Å². The Labute approximate surface area is 296 Å². The zero-order valence-corrected chi connectivity index (χ0v) is 31.1. The third-order valence-corrected chi connectivity index (χ3v) is 12.1. The van der Waals surface area contributed by atoms with E-state index in [1.807, 2.05) is 20.8 Å². The van der Waals surface area contributed by atoms with Gasteiger partial charge in [0.25, 0.3) is 5.91 Å². The van der Waals surface area contributed by atoms with Crippen molar-refractivity contribution in [3.63, 3.8) is 0 Å². The van der Waals surface area contributed by atoms with Crippen molar-refractivity contribution in [1.82, 2.24) is 26.2 Å². The number of nitrogens with zero attached hydrogens (tertiary/aromatic N) is 1. The first-order valence-corrected chi connectivity index (χ1v) is 19.5. The van der Waals surface area contributed by atoms with Crippen LogP contribution in [0.5, 0.6) is 0 Å². The lowest BCUT2D eigenvalue weighted by molar-refractivity contribution is -0.145. The predicted octanol–water partition coefficient (Wildman–Crippen LogP) is 3.05. The molecule has 6 atom stereocenters. The quantitative estimate of drug-likeness (QED) is 0.0877. The maximum atomic E-state index is 14.5. The van der Waals surface area contributed by atoms with E-state index in [4.69, 9.17) is 5.73 Å². The molecule has 13 heteroatoms. The van der Waals surface area contributed by atoms with Gasteiger partial charge in [0.2, 0.25) is 23.4 Å². The number of unbranched alkanes of at least 4 members (excludes halogenated alkanes) is 1. The Kier molecular flexibility index (Phi) is 13.6. The van der Waals surface area contributed by atoms with Gasteiger partial charge in [0.15, 0.2) is 0 Å². The zero-order chi connectivity index (χ0) is 35.9. The van der Waals surface area contributed by atoms with Crippen LogP contribution in [-0.4, -0.2) is 84.0 Å². The molecule has 1 unspecified atom stereocenters. The molecule has 1 saturated heterocycles. The fraction of sp³-hybridized carbons (Fsp3) is 0.861. The van der Waals surface area contributed by atoms with E-state index < -0.39 is 47.2 Å². The lowest BCUT2D eigenvalue weighted by Gasteiger charge is -2.49. The van der Waals surface area contributed by atoms with E-state index in [0.29, 0.717) is 42.8 Å². The second-order valence-electron chi connectivity index (χ2n) is 16.9. The van der Waals surface area contributed by atoms with E-state index >= 15 is 0 Å². The SMILES string of the molecule is CC(C)(C)[C@H](NC(=O)N[C@H](CNCCCC[S+]=O)C1CCCCC1)C(=O)N1C[C@@H]2CC(C)(C)[C@@H]2[C@H]1C(=O)NC(CC1CCC1)C(=O)C(N)=O. The van der Waals surface area contributed by atoms with Gasteiger partial charge in [-0.2, -0.15) is 0 Å². The molecule has 0 aromatic rings. The van der Waals surface area contributed by atoms with Crippen molar-refractivity contribution in [2.45, 2.75) is 136 Å². The number of carbonyl (C=O) groups excluding carboxylic acids is 5. The molecule has 276 valence electrons. The van der Waals surface area contributed by atoms with Crippen LogP contribution in [-0.2, 0) is 35.1 Å². The summed E-state index contributed by atoms with van der Waals surface area (Å²) in [6.07, 6.45) is 11.4. The summed E-state index contributed by atoms with van der Waals surface area (Å²) in [4.78, 5) is 68.7. The molecule has 3 saturated carbocycles. The number of ketones is 1. The minimum absolute atomic E-state index is 0.109. The van der Waals surface area contributed by atoms with Crippen LogP contribution >= 0.6 is 0 Å². The summed E-state index contributed by atoms with van der Waals surface area (Å²) in [6.45, 7) is 11.7. The van der Waals surface area contributed by atoms with Crippen LogP contribution < -0.4 is 27.0 Å². The van der Waals surface area contributed by atoms with E-state index in [9.17, 15) is 28.2 Å². The van der Waals surface area contributed by atoms with Crippen molar-refractivity contribution >= 4 is 41.2 Å². The van der Waals surface area contributed by atoms with E-state index in [0.717, 1.165) is 70.8 Å². The standard InChI is InChI=1S/C36H60N6O6S/c1-35(2,3)30(41-34(47)40-26(23-14-7-6-8-15-23)20-38-16-9-10-17-49-48)33(46)42-21-24-19-36(4,5)27(24)28(42)32(45)39-25(29(43)31(37)44)18-22-12-11-13-22/h22-28,30,38H,6-21H2,1-5H3,(H4-,37,39,40,41,44,45,47)/p+1/t24-,25?,26+,27-,28-,30+/m0/s1. The molecule has 4 fully saturated rings. The Morgan fingerprint density at radius 1 is 0.939 bits per heavy atom. The van der Waals surface area contributed by atoms with Crippen LogP contribution in [0.1, 0.15) is 112 Å². The van der Waals surface area contributed by atoms with Gasteiger partial charge in [0, 0.05) is 29.8 Å². The van der Waals surface area contributed by atoms with Crippen molar-refractivity contribution in [2.75, 3.05) is 25.4 Å². The Hall–Kier alpha value is -2.67. The van der Waals surface area contributed by atoms with Crippen LogP contribution in [0.3, 0.4) is 0 Å². The van der Waals surface area contributed by atoms with Crippen LogP contribution in [0.2, 0.25) is 0 Å². The summed E-state index contributed by atoms with van der Waals surface area (Å²) in [7, 11) is 0. The van der Waals surface area contributed by atoms with E-state index in [2.05, 4.69) is 35.1 Å². The number of nitrogens with two attached hydrogens (primary N) is 1. The molecule has 12 nitrogen and oxygen atoms in total. The number of amides is 5. The molecule has 0 aromatic carbocycles.